The number of aromatic hydroxyl groups is 1. The Morgan fingerprint density at radius 1 is 1.07 bits per heavy atom. The number of amides is 1. The summed E-state index contributed by atoms with van der Waals surface area (Å²) in [7, 11) is 4.07. The molecule has 2 aromatic carbocycles. The summed E-state index contributed by atoms with van der Waals surface area (Å²) in [4.78, 5) is 24.3. The number of aromatic amines is 1. The highest BCUT2D eigenvalue weighted by atomic mass is 16.3. The van der Waals surface area contributed by atoms with Crippen LogP contribution in [0.2, 0.25) is 0 Å². The summed E-state index contributed by atoms with van der Waals surface area (Å²) in [6.45, 7) is 7.98. The van der Waals surface area contributed by atoms with Gasteiger partial charge in [0.15, 0.2) is 5.88 Å². The first-order valence-corrected chi connectivity index (χ1v) is 10.3. The largest absolute Gasteiger partial charge is 0.494 e. The Morgan fingerprint density at radius 3 is 2.33 bits per heavy atom. The third-order valence-corrected chi connectivity index (χ3v) is 5.17. The number of aliphatic imine (C=N–C) groups is 1. The van der Waals surface area contributed by atoms with Gasteiger partial charge in [-0.15, -0.1) is 0 Å². The summed E-state index contributed by atoms with van der Waals surface area (Å²) >= 11 is 0. The lowest BCUT2D eigenvalue weighted by Crippen LogP contribution is -2.30. The van der Waals surface area contributed by atoms with E-state index < -0.39 is 0 Å². The fourth-order valence-electron chi connectivity index (χ4n) is 3.66. The maximum atomic E-state index is 12.8. The maximum Gasteiger partial charge on any atom is 0.253 e. The third-order valence-electron chi connectivity index (χ3n) is 5.17. The van der Waals surface area contributed by atoms with Gasteiger partial charge in [0, 0.05) is 36.1 Å². The molecule has 0 unspecified atom stereocenters. The van der Waals surface area contributed by atoms with Crippen molar-refractivity contribution in [3.63, 3.8) is 0 Å². The molecule has 0 radical (unpaired) electrons. The van der Waals surface area contributed by atoms with Crippen molar-refractivity contribution in [1.29, 1.82) is 0 Å². The SMILES string of the molecule is CCN(CC)C(=O)c1ccc2[nH]c(O)c(C(C)=Nc3ccc(CN(C)C)cc3)c2c1. The van der Waals surface area contributed by atoms with Crippen LogP contribution in [0.1, 0.15) is 42.3 Å². The Hall–Kier alpha value is -3.12. The smallest absolute Gasteiger partial charge is 0.253 e. The molecule has 0 aliphatic rings. The second-order valence-electron chi connectivity index (χ2n) is 7.69. The number of aromatic nitrogens is 1. The van der Waals surface area contributed by atoms with Gasteiger partial charge in [-0.05, 0) is 70.8 Å². The number of rotatable bonds is 7. The fourth-order valence-corrected chi connectivity index (χ4v) is 3.66. The average molecular weight is 407 g/mol. The minimum Gasteiger partial charge on any atom is -0.494 e. The number of H-pyrrole nitrogens is 1. The molecule has 1 amide bonds. The molecule has 0 atom stereocenters. The average Bonchev–Trinajstić information content (AvgIpc) is 3.04. The van der Waals surface area contributed by atoms with E-state index in [4.69, 9.17) is 4.99 Å². The van der Waals surface area contributed by atoms with E-state index in [9.17, 15) is 9.90 Å². The predicted octanol–water partition coefficient (Wildman–Crippen LogP) is 4.56. The van der Waals surface area contributed by atoms with Crippen LogP contribution in [0.5, 0.6) is 5.88 Å². The van der Waals surface area contributed by atoms with Gasteiger partial charge in [-0.25, -0.2) is 0 Å². The van der Waals surface area contributed by atoms with Crippen LogP contribution in [0, 0.1) is 0 Å². The zero-order chi connectivity index (χ0) is 21.8. The van der Waals surface area contributed by atoms with Crippen molar-refractivity contribution in [3.8, 4) is 5.88 Å². The summed E-state index contributed by atoms with van der Waals surface area (Å²) in [5.74, 6) is 0.0440. The minimum atomic E-state index is -0.0142. The van der Waals surface area contributed by atoms with Gasteiger partial charge in [0.2, 0.25) is 0 Å². The molecule has 1 aromatic heterocycles. The van der Waals surface area contributed by atoms with Gasteiger partial charge in [-0.3, -0.25) is 9.79 Å². The maximum absolute atomic E-state index is 12.8. The van der Waals surface area contributed by atoms with Crippen LogP contribution in [-0.4, -0.2) is 58.7 Å². The van der Waals surface area contributed by atoms with Gasteiger partial charge < -0.3 is 19.9 Å². The van der Waals surface area contributed by atoms with Crippen molar-refractivity contribution in [3.05, 3.63) is 59.2 Å². The molecular weight excluding hydrogens is 376 g/mol. The third kappa shape index (κ3) is 4.54. The Bertz CT molecular complexity index is 1060. The number of nitrogens with one attached hydrogen (secondary N) is 1. The predicted molar refractivity (Wildman–Crippen MR) is 123 cm³/mol. The van der Waals surface area contributed by atoms with Crippen LogP contribution in [0.15, 0.2) is 47.5 Å². The lowest BCUT2D eigenvalue weighted by Gasteiger charge is -2.18. The molecular formula is C24H30N4O2. The minimum absolute atomic E-state index is 0.0142. The number of fused-ring (bicyclic) bond motifs is 1. The van der Waals surface area contributed by atoms with Gasteiger partial charge in [0.25, 0.3) is 5.91 Å². The van der Waals surface area contributed by atoms with E-state index in [1.54, 1.807) is 11.0 Å². The highest BCUT2D eigenvalue weighted by molar-refractivity contribution is 6.13. The van der Waals surface area contributed by atoms with Crippen LogP contribution < -0.4 is 0 Å². The monoisotopic (exact) mass is 406 g/mol. The van der Waals surface area contributed by atoms with Gasteiger partial charge in [0.05, 0.1) is 17.0 Å². The lowest BCUT2D eigenvalue weighted by molar-refractivity contribution is 0.0773. The molecule has 158 valence electrons. The number of carbonyl (C=O) groups excluding carboxylic acids is 1. The Kier molecular flexibility index (Phi) is 6.57. The molecule has 6 nitrogen and oxygen atoms in total. The Morgan fingerprint density at radius 2 is 1.73 bits per heavy atom. The highest BCUT2D eigenvalue weighted by Crippen LogP contribution is 2.30. The van der Waals surface area contributed by atoms with Gasteiger partial charge in [0.1, 0.15) is 0 Å². The second-order valence-corrected chi connectivity index (χ2v) is 7.69. The number of hydrogen-bond donors (Lipinski definition) is 2. The van der Waals surface area contributed by atoms with Gasteiger partial charge in [-0.1, -0.05) is 12.1 Å². The first-order chi connectivity index (χ1) is 14.3. The molecule has 0 bridgehead atoms. The Balaban J connectivity index is 1.98. The van der Waals surface area contributed by atoms with Crippen LogP contribution in [0.3, 0.4) is 0 Å². The van der Waals surface area contributed by atoms with Crippen LogP contribution in [0.25, 0.3) is 10.9 Å². The first kappa shape index (κ1) is 21.6. The first-order valence-electron chi connectivity index (χ1n) is 10.3. The van der Waals surface area contributed by atoms with E-state index in [1.165, 1.54) is 5.56 Å². The highest BCUT2D eigenvalue weighted by Gasteiger charge is 2.18. The molecule has 0 aliphatic heterocycles. The molecule has 0 aliphatic carbocycles. The topological polar surface area (TPSA) is 71.9 Å². The molecule has 1 heterocycles. The van der Waals surface area contributed by atoms with E-state index in [0.717, 1.165) is 23.1 Å². The number of benzene rings is 2. The van der Waals surface area contributed by atoms with Crippen molar-refractivity contribution in [2.24, 2.45) is 4.99 Å². The molecule has 2 N–H and O–H groups in total. The van der Waals surface area contributed by atoms with Crippen molar-refractivity contribution in [1.82, 2.24) is 14.8 Å². The van der Waals surface area contributed by atoms with Crippen LogP contribution in [0.4, 0.5) is 5.69 Å². The quantitative estimate of drug-likeness (QED) is 0.565. The molecule has 0 saturated carbocycles. The fraction of sp³-hybridized carbons (Fsp3) is 0.333. The van der Waals surface area contributed by atoms with Crippen LogP contribution >= 0.6 is 0 Å². The van der Waals surface area contributed by atoms with Crippen LogP contribution in [-0.2, 0) is 6.54 Å². The summed E-state index contributed by atoms with van der Waals surface area (Å²) in [5, 5.41) is 11.3. The molecule has 3 rings (SSSR count). The van der Waals surface area contributed by atoms with E-state index >= 15 is 0 Å². The van der Waals surface area contributed by atoms with E-state index in [2.05, 4.69) is 22.0 Å². The van der Waals surface area contributed by atoms with Gasteiger partial charge in [-0.2, -0.15) is 0 Å². The molecule has 0 saturated heterocycles. The van der Waals surface area contributed by atoms with Crippen molar-refractivity contribution in [2.75, 3.05) is 27.2 Å². The summed E-state index contributed by atoms with van der Waals surface area (Å²) < 4.78 is 0. The van der Waals surface area contributed by atoms with E-state index in [1.807, 2.05) is 59.1 Å². The summed E-state index contributed by atoms with van der Waals surface area (Å²) in [6, 6.07) is 13.5. The zero-order valence-corrected chi connectivity index (χ0v) is 18.4. The van der Waals surface area contributed by atoms with Crippen molar-refractivity contribution >= 4 is 28.2 Å². The standard InChI is InChI=1S/C24H30N4O2/c1-6-28(7-2)24(30)18-10-13-21-20(14-18)22(23(29)26-21)16(3)25-19-11-8-17(9-12-19)15-27(4)5/h8-14,26,29H,6-7,15H2,1-5H3. The molecule has 6 heteroatoms. The number of carbonyl (C=O) groups is 1. The Labute approximate surface area is 177 Å². The summed E-state index contributed by atoms with van der Waals surface area (Å²) in [6.07, 6.45) is 0. The molecule has 30 heavy (non-hydrogen) atoms. The normalized spacial score (nSPS) is 12.0. The molecule has 3 aromatic rings. The van der Waals surface area contributed by atoms with E-state index in [-0.39, 0.29) is 11.8 Å². The van der Waals surface area contributed by atoms with Crippen molar-refractivity contribution < 1.29 is 9.90 Å². The zero-order valence-electron chi connectivity index (χ0n) is 18.4. The lowest BCUT2D eigenvalue weighted by atomic mass is 10.1. The summed E-state index contributed by atoms with van der Waals surface area (Å²) in [5.41, 5.74) is 4.72. The van der Waals surface area contributed by atoms with Gasteiger partial charge >= 0.3 is 0 Å². The number of nitrogens with zero attached hydrogens (tertiary/aromatic N) is 3. The number of hydrogen-bond acceptors (Lipinski definition) is 4. The second kappa shape index (κ2) is 9.13. The van der Waals surface area contributed by atoms with Crippen molar-refractivity contribution in [2.45, 2.75) is 27.3 Å². The molecule has 0 fully saturated rings. The molecule has 0 spiro atoms. The van der Waals surface area contributed by atoms with E-state index in [0.29, 0.717) is 29.9 Å².